The molecule has 0 unspecified atom stereocenters. The molecule has 7 nitrogen and oxygen atoms in total. The summed E-state index contributed by atoms with van der Waals surface area (Å²) in [5, 5.41) is 0. The molecule has 2 aliphatic rings. The van der Waals surface area contributed by atoms with E-state index >= 15 is 0 Å². The van der Waals surface area contributed by atoms with E-state index in [1.807, 2.05) is 23.1 Å². The maximum absolute atomic E-state index is 12.8. The summed E-state index contributed by atoms with van der Waals surface area (Å²) in [4.78, 5) is 19.4. The van der Waals surface area contributed by atoms with Crippen LogP contribution in [0.3, 0.4) is 0 Å². The normalized spacial score (nSPS) is 19.3. The van der Waals surface area contributed by atoms with Gasteiger partial charge < -0.3 is 14.5 Å². The molecular formula is C21H27N5O2S. The van der Waals surface area contributed by atoms with Crippen LogP contribution in [0.1, 0.15) is 23.2 Å². The van der Waals surface area contributed by atoms with Gasteiger partial charge in [0.2, 0.25) is 0 Å². The van der Waals surface area contributed by atoms with Crippen molar-refractivity contribution in [3.8, 4) is 11.8 Å². The lowest BCUT2D eigenvalue weighted by Crippen LogP contribution is -2.44. The zero-order valence-corrected chi connectivity index (χ0v) is 17.7. The summed E-state index contributed by atoms with van der Waals surface area (Å²) in [6, 6.07) is 5.53. The summed E-state index contributed by atoms with van der Waals surface area (Å²) in [6.45, 7) is 7.13. The highest BCUT2D eigenvalue weighted by Gasteiger charge is 2.24. The van der Waals surface area contributed by atoms with Crippen LogP contribution >= 0.6 is 11.7 Å². The molecule has 0 atom stereocenters. The number of likely N-dealkylation sites (tertiary alicyclic amines) is 1. The number of fused-ring (bicyclic) bond motifs is 1. The number of carbonyl (C=O) groups is 1. The third-order valence-corrected chi connectivity index (χ3v) is 6.20. The molecule has 154 valence electrons. The molecule has 1 amide bonds. The van der Waals surface area contributed by atoms with E-state index in [4.69, 9.17) is 4.74 Å². The van der Waals surface area contributed by atoms with Crippen LogP contribution in [-0.4, -0.2) is 94.9 Å². The third kappa shape index (κ3) is 5.31. The van der Waals surface area contributed by atoms with Gasteiger partial charge >= 0.3 is 0 Å². The van der Waals surface area contributed by atoms with Gasteiger partial charge in [0.15, 0.2) is 0 Å². The second-order valence-electron chi connectivity index (χ2n) is 7.70. The Morgan fingerprint density at radius 1 is 1.10 bits per heavy atom. The summed E-state index contributed by atoms with van der Waals surface area (Å²) >= 11 is 1.17. The van der Waals surface area contributed by atoms with Gasteiger partial charge in [0.1, 0.15) is 17.6 Å². The van der Waals surface area contributed by atoms with E-state index in [0.717, 1.165) is 56.6 Å². The minimum Gasteiger partial charge on any atom is -0.365 e. The summed E-state index contributed by atoms with van der Waals surface area (Å²) in [7, 11) is 2.16. The fourth-order valence-corrected chi connectivity index (χ4v) is 4.22. The van der Waals surface area contributed by atoms with E-state index in [1.54, 1.807) is 0 Å². The van der Waals surface area contributed by atoms with Gasteiger partial charge in [-0.1, -0.05) is 11.8 Å². The first-order valence-electron chi connectivity index (χ1n) is 10.2. The van der Waals surface area contributed by atoms with E-state index in [-0.39, 0.29) is 12.0 Å². The Kier molecular flexibility index (Phi) is 6.72. The second kappa shape index (κ2) is 9.63. The van der Waals surface area contributed by atoms with Crippen LogP contribution < -0.4 is 0 Å². The SMILES string of the molecule is CN1CCN(CC#CCOC2CCN(C(=O)c3ccc4nsnc4c3)CC2)CC1. The number of rotatable bonds is 4. The number of piperazine rings is 1. The first kappa shape index (κ1) is 20.2. The average Bonchev–Trinajstić information content (AvgIpc) is 3.23. The third-order valence-electron chi connectivity index (χ3n) is 5.64. The summed E-state index contributed by atoms with van der Waals surface area (Å²) in [6.07, 6.45) is 1.89. The maximum atomic E-state index is 12.8. The van der Waals surface area contributed by atoms with E-state index < -0.39 is 0 Å². The largest absolute Gasteiger partial charge is 0.365 e. The number of likely N-dealkylation sites (N-methyl/N-ethyl adjacent to an activating group) is 1. The van der Waals surface area contributed by atoms with Gasteiger partial charge in [0.05, 0.1) is 24.4 Å². The topological polar surface area (TPSA) is 61.8 Å². The number of hydrogen-bond donors (Lipinski definition) is 0. The Morgan fingerprint density at radius 2 is 1.86 bits per heavy atom. The van der Waals surface area contributed by atoms with Gasteiger partial charge in [0.25, 0.3) is 5.91 Å². The van der Waals surface area contributed by atoms with Crippen molar-refractivity contribution in [3.63, 3.8) is 0 Å². The quantitative estimate of drug-likeness (QED) is 0.709. The molecule has 3 heterocycles. The molecule has 1 aromatic carbocycles. The monoisotopic (exact) mass is 413 g/mol. The highest BCUT2D eigenvalue weighted by molar-refractivity contribution is 7.00. The predicted molar refractivity (Wildman–Crippen MR) is 114 cm³/mol. The summed E-state index contributed by atoms with van der Waals surface area (Å²) < 4.78 is 14.3. The molecule has 2 saturated heterocycles. The number of hydrogen-bond acceptors (Lipinski definition) is 7. The first-order valence-corrected chi connectivity index (χ1v) is 10.9. The fourth-order valence-electron chi connectivity index (χ4n) is 3.71. The van der Waals surface area contributed by atoms with Gasteiger partial charge in [-0.05, 0) is 38.1 Å². The second-order valence-corrected chi connectivity index (χ2v) is 8.23. The van der Waals surface area contributed by atoms with Crippen molar-refractivity contribution in [2.24, 2.45) is 0 Å². The van der Waals surface area contributed by atoms with E-state index in [1.165, 1.54) is 11.7 Å². The Bertz CT molecular complexity index is 889. The zero-order valence-electron chi connectivity index (χ0n) is 16.8. The molecule has 4 rings (SSSR count). The fraction of sp³-hybridized carbons (Fsp3) is 0.571. The number of benzene rings is 1. The van der Waals surface area contributed by atoms with Crippen LogP contribution in [0.2, 0.25) is 0 Å². The van der Waals surface area contributed by atoms with E-state index in [0.29, 0.717) is 25.3 Å². The van der Waals surface area contributed by atoms with Crippen LogP contribution in [0, 0.1) is 11.8 Å². The highest BCUT2D eigenvalue weighted by Crippen LogP contribution is 2.19. The van der Waals surface area contributed by atoms with Crippen molar-refractivity contribution in [2.75, 3.05) is 59.5 Å². The number of carbonyl (C=O) groups excluding carboxylic acids is 1. The smallest absolute Gasteiger partial charge is 0.253 e. The number of ether oxygens (including phenoxy) is 1. The van der Waals surface area contributed by atoms with Gasteiger partial charge in [-0.3, -0.25) is 9.69 Å². The average molecular weight is 414 g/mol. The molecular weight excluding hydrogens is 386 g/mol. The van der Waals surface area contributed by atoms with Crippen molar-refractivity contribution >= 4 is 28.7 Å². The molecule has 2 fully saturated rings. The molecule has 1 aromatic heterocycles. The molecule has 0 bridgehead atoms. The van der Waals surface area contributed by atoms with Gasteiger partial charge in [-0.2, -0.15) is 8.75 Å². The minimum atomic E-state index is 0.0605. The lowest BCUT2D eigenvalue weighted by atomic mass is 10.1. The lowest BCUT2D eigenvalue weighted by Gasteiger charge is -2.31. The lowest BCUT2D eigenvalue weighted by molar-refractivity contribution is 0.0230. The number of aromatic nitrogens is 2. The molecule has 0 N–H and O–H groups in total. The Morgan fingerprint density at radius 3 is 2.66 bits per heavy atom. The minimum absolute atomic E-state index is 0.0605. The Labute approximate surface area is 175 Å². The molecule has 0 spiro atoms. The molecule has 29 heavy (non-hydrogen) atoms. The summed E-state index contributed by atoms with van der Waals surface area (Å²) in [5.41, 5.74) is 2.31. The van der Waals surface area contributed by atoms with Crippen LogP contribution in [0.4, 0.5) is 0 Å². The number of piperidine rings is 1. The van der Waals surface area contributed by atoms with Crippen LogP contribution in [-0.2, 0) is 4.74 Å². The highest BCUT2D eigenvalue weighted by atomic mass is 32.1. The molecule has 2 aliphatic heterocycles. The van der Waals surface area contributed by atoms with Crippen molar-refractivity contribution in [1.82, 2.24) is 23.4 Å². The first-order chi connectivity index (χ1) is 14.2. The standard InChI is InChI=1S/C21H27N5O2S/c1-24-11-13-25(14-12-24)8-2-3-15-28-18-6-9-26(10-7-18)21(27)17-4-5-19-20(16-17)23-29-22-19/h4-5,16,18H,6-15H2,1H3. The van der Waals surface area contributed by atoms with Gasteiger partial charge in [-0.25, -0.2) is 0 Å². The summed E-state index contributed by atoms with van der Waals surface area (Å²) in [5.74, 6) is 6.43. The maximum Gasteiger partial charge on any atom is 0.253 e. The molecule has 2 aromatic rings. The van der Waals surface area contributed by atoms with Crippen molar-refractivity contribution in [3.05, 3.63) is 23.8 Å². The number of amides is 1. The van der Waals surface area contributed by atoms with E-state index in [9.17, 15) is 4.79 Å². The van der Waals surface area contributed by atoms with E-state index in [2.05, 4.69) is 37.4 Å². The molecule has 0 saturated carbocycles. The van der Waals surface area contributed by atoms with Crippen LogP contribution in [0.5, 0.6) is 0 Å². The van der Waals surface area contributed by atoms with Crippen molar-refractivity contribution in [2.45, 2.75) is 18.9 Å². The number of nitrogens with zero attached hydrogens (tertiary/aromatic N) is 5. The Hall–Kier alpha value is -2.05. The Balaban J connectivity index is 1.18. The van der Waals surface area contributed by atoms with Crippen LogP contribution in [0.25, 0.3) is 11.0 Å². The molecule has 0 radical (unpaired) electrons. The molecule has 8 heteroatoms. The zero-order chi connectivity index (χ0) is 20.1. The van der Waals surface area contributed by atoms with Crippen molar-refractivity contribution in [1.29, 1.82) is 0 Å². The van der Waals surface area contributed by atoms with Gasteiger partial charge in [-0.15, -0.1) is 0 Å². The predicted octanol–water partition coefficient (Wildman–Crippen LogP) is 1.56. The van der Waals surface area contributed by atoms with Gasteiger partial charge in [0, 0.05) is 44.8 Å². The van der Waals surface area contributed by atoms with Crippen LogP contribution in [0.15, 0.2) is 18.2 Å². The molecule has 0 aliphatic carbocycles. The van der Waals surface area contributed by atoms with Crippen molar-refractivity contribution < 1.29 is 9.53 Å².